The lowest BCUT2D eigenvalue weighted by Crippen LogP contribution is -2.21. The van der Waals surface area contributed by atoms with Crippen molar-refractivity contribution in [2.45, 2.75) is 6.92 Å². The van der Waals surface area contributed by atoms with Gasteiger partial charge >= 0.3 is 0 Å². The summed E-state index contributed by atoms with van der Waals surface area (Å²) in [6, 6.07) is 17.0. The number of carbonyl (C=O) groups excluding carboxylic acids is 3. The molecule has 0 aliphatic rings. The third-order valence-corrected chi connectivity index (χ3v) is 3.81. The standard InChI is InChI=1S/C21H20N4O4/c1-14(26)23-16-9-7-15(8-10-16)22-13-20(27)24-17-4-2-5-18(12-17)25-21(28)19-6-3-11-29-19/h2-12,22H,13H2,1H3,(H,23,26)(H,24,27)(H,25,28). The summed E-state index contributed by atoms with van der Waals surface area (Å²) >= 11 is 0. The molecular formula is C21H20N4O4. The summed E-state index contributed by atoms with van der Waals surface area (Å²) in [6.07, 6.45) is 1.42. The average molecular weight is 392 g/mol. The van der Waals surface area contributed by atoms with Gasteiger partial charge in [-0.05, 0) is 54.6 Å². The fraction of sp³-hybridized carbons (Fsp3) is 0.0952. The zero-order valence-corrected chi connectivity index (χ0v) is 15.7. The lowest BCUT2D eigenvalue weighted by molar-refractivity contribution is -0.115. The highest BCUT2D eigenvalue weighted by atomic mass is 16.3. The second-order valence-electron chi connectivity index (χ2n) is 6.17. The summed E-state index contributed by atoms with van der Waals surface area (Å²) in [5.41, 5.74) is 2.51. The first-order valence-electron chi connectivity index (χ1n) is 8.86. The van der Waals surface area contributed by atoms with Crippen molar-refractivity contribution >= 4 is 40.5 Å². The number of hydrogen-bond acceptors (Lipinski definition) is 5. The van der Waals surface area contributed by atoms with E-state index in [1.165, 1.54) is 13.2 Å². The van der Waals surface area contributed by atoms with Crippen LogP contribution in [0.5, 0.6) is 0 Å². The van der Waals surface area contributed by atoms with Gasteiger partial charge in [0.25, 0.3) is 5.91 Å². The number of furan rings is 1. The fourth-order valence-electron chi connectivity index (χ4n) is 2.54. The Balaban J connectivity index is 1.51. The molecule has 8 heteroatoms. The highest BCUT2D eigenvalue weighted by molar-refractivity contribution is 6.03. The molecule has 0 atom stereocenters. The van der Waals surface area contributed by atoms with Gasteiger partial charge in [0.15, 0.2) is 5.76 Å². The molecule has 0 saturated heterocycles. The van der Waals surface area contributed by atoms with Crippen molar-refractivity contribution in [3.8, 4) is 0 Å². The summed E-state index contributed by atoms with van der Waals surface area (Å²) in [5, 5.41) is 11.1. The van der Waals surface area contributed by atoms with Crippen molar-refractivity contribution in [2.24, 2.45) is 0 Å². The maximum absolute atomic E-state index is 12.2. The van der Waals surface area contributed by atoms with E-state index in [-0.39, 0.29) is 30.0 Å². The molecular weight excluding hydrogens is 372 g/mol. The number of hydrogen-bond donors (Lipinski definition) is 4. The molecule has 4 N–H and O–H groups in total. The second-order valence-corrected chi connectivity index (χ2v) is 6.17. The smallest absolute Gasteiger partial charge is 0.291 e. The number of amides is 3. The minimum absolute atomic E-state index is 0.0580. The van der Waals surface area contributed by atoms with E-state index in [0.717, 1.165) is 5.69 Å². The Morgan fingerprint density at radius 2 is 1.48 bits per heavy atom. The molecule has 148 valence electrons. The van der Waals surface area contributed by atoms with Crippen LogP contribution in [-0.2, 0) is 9.59 Å². The molecule has 1 aromatic heterocycles. The number of rotatable bonds is 7. The molecule has 0 bridgehead atoms. The van der Waals surface area contributed by atoms with E-state index < -0.39 is 0 Å². The Morgan fingerprint density at radius 1 is 0.793 bits per heavy atom. The quantitative estimate of drug-likeness (QED) is 0.491. The summed E-state index contributed by atoms with van der Waals surface area (Å²) in [7, 11) is 0. The Kier molecular flexibility index (Phi) is 6.26. The zero-order valence-electron chi connectivity index (χ0n) is 15.7. The van der Waals surface area contributed by atoms with E-state index in [1.807, 2.05) is 0 Å². The van der Waals surface area contributed by atoms with Crippen molar-refractivity contribution < 1.29 is 18.8 Å². The van der Waals surface area contributed by atoms with Crippen molar-refractivity contribution in [1.82, 2.24) is 0 Å². The first-order chi connectivity index (χ1) is 14.0. The fourth-order valence-corrected chi connectivity index (χ4v) is 2.54. The molecule has 0 unspecified atom stereocenters. The van der Waals surface area contributed by atoms with Gasteiger partial charge in [0, 0.05) is 29.7 Å². The molecule has 3 amide bonds. The number of benzene rings is 2. The molecule has 0 saturated carbocycles. The SMILES string of the molecule is CC(=O)Nc1ccc(NCC(=O)Nc2cccc(NC(=O)c3ccco3)c2)cc1. The Morgan fingerprint density at radius 3 is 2.14 bits per heavy atom. The summed E-state index contributed by atoms with van der Waals surface area (Å²) in [4.78, 5) is 35.2. The minimum Gasteiger partial charge on any atom is -0.459 e. The van der Waals surface area contributed by atoms with Gasteiger partial charge in [0.2, 0.25) is 11.8 Å². The molecule has 1 heterocycles. The first-order valence-corrected chi connectivity index (χ1v) is 8.86. The predicted molar refractivity (Wildman–Crippen MR) is 111 cm³/mol. The highest BCUT2D eigenvalue weighted by Gasteiger charge is 2.09. The van der Waals surface area contributed by atoms with Crippen molar-refractivity contribution in [1.29, 1.82) is 0 Å². The Bertz CT molecular complexity index is 998. The van der Waals surface area contributed by atoms with Crippen LogP contribution in [0.15, 0.2) is 71.3 Å². The van der Waals surface area contributed by atoms with Crippen LogP contribution in [0.1, 0.15) is 17.5 Å². The van der Waals surface area contributed by atoms with E-state index in [2.05, 4.69) is 21.3 Å². The van der Waals surface area contributed by atoms with Crippen molar-refractivity contribution in [3.63, 3.8) is 0 Å². The maximum Gasteiger partial charge on any atom is 0.291 e. The number of carbonyl (C=O) groups is 3. The molecule has 0 fully saturated rings. The van der Waals surface area contributed by atoms with Crippen LogP contribution in [0, 0.1) is 0 Å². The molecule has 2 aromatic carbocycles. The Labute approximate surface area is 167 Å². The normalized spacial score (nSPS) is 10.1. The molecule has 0 aliphatic carbocycles. The largest absolute Gasteiger partial charge is 0.459 e. The van der Waals surface area contributed by atoms with Crippen LogP contribution in [0.4, 0.5) is 22.7 Å². The van der Waals surface area contributed by atoms with Crippen LogP contribution in [-0.4, -0.2) is 24.3 Å². The average Bonchev–Trinajstić information content (AvgIpc) is 3.22. The van der Waals surface area contributed by atoms with Gasteiger partial charge in [0.1, 0.15) is 0 Å². The molecule has 8 nitrogen and oxygen atoms in total. The van der Waals surface area contributed by atoms with Gasteiger partial charge in [-0.2, -0.15) is 0 Å². The molecule has 0 spiro atoms. The predicted octanol–water partition coefficient (Wildman–Crippen LogP) is 3.54. The lowest BCUT2D eigenvalue weighted by atomic mass is 10.2. The van der Waals surface area contributed by atoms with E-state index in [4.69, 9.17) is 4.42 Å². The minimum atomic E-state index is -0.372. The Hall–Kier alpha value is -4.07. The molecule has 29 heavy (non-hydrogen) atoms. The van der Waals surface area contributed by atoms with E-state index in [0.29, 0.717) is 17.1 Å². The van der Waals surface area contributed by atoms with Gasteiger partial charge in [-0.15, -0.1) is 0 Å². The summed E-state index contributed by atoms with van der Waals surface area (Å²) in [6.45, 7) is 1.50. The monoisotopic (exact) mass is 392 g/mol. The van der Waals surface area contributed by atoms with Crippen LogP contribution in [0.25, 0.3) is 0 Å². The van der Waals surface area contributed by atoms with Crippen molar-refractivity contribution in [3.05, 3.63) is 72.7 Å². The number of nitrogens with one attached hydrogen (secondary N) is 4. The van der Waals surface area contributed by atoms with E-state index >= 15 is 0 Å². The first kappa shape index (κ1) is 19.7. The highest BCUT2D eigenvalue weighted by Crippen LogP contribution is 2.17. The van der Waals surface area contributed by atoms with Gasteiger partial charge in [-0.3, -0.25) is 14.4 Å². The van der Waals surface area contributed by atoms with Gasteiger partial charge in [-0.25, -0.2) is 0 Å². The number of anilines is 4. The topological polar surface area (TPSA) is 112 Å². The zero-order chi connectivity index (χ0) is 20.6. The van der Waals surface area contributed by atoms with Gasteiger partial charge in [-0.1, -0.05) is 6.07 Å². The molecule has 0 aliphatic heterocycles. The van der Waals surface area contributed by atoms with Crippen LogP contribution >= 0.6 is 0 Å². The second kappa shape index (κ2) is 9.23. The summed E-state index contributed by atoms with van der Waals surface area (Å²) < 4.78 is 5.05. The van der Waals surface area contributed by atoms with Crippen LogP contribution in [0.2, 0.25) is 0 Å². The van der Waals surface area contributed by atoms with E-state index in [1.54, 1.807) is 60.7 Å². The third-order valence-electron chi connectivity index (χ3n) is 3.81. The van der Waals surface area contributed by atoms with Crippen molar-refractivity contribution in [2.75, 3.05) is 27.8 Å². The van der Waals surface area contributed by atoms with Gasteiger partial charge in [0.05, 0.1) is 12.8 Å². The van der Waals surface area contributed by atoms with Crippen LogP contribution < -0.4 is 21.3 Å². The lowest BCUT2D eigenvalue weighted by Gasteiger charge is -2.10. The molecule has 3 aromatic rings. The van der Waals surface area contributed by atoms with Crippen LogP contribution in [0.3, 0.4) is 0 Å². The molecule has 0 radical (unpaired) electrons. The molecule has 3 rings (SSSR count). The van der Waals surface area contributed by atoms with Gasteiger partial charge < -0.3 is 25.7 Å². The third kappa shape index (κ3) is 5.96. The maximum atomic E-state index is 12.2. The van der Waals surface area contributed by atoms with E-state index in [9.17, 15) is 14.4 Å². The summed E-state index contributed by atoms with van der Waals surface area (Å²) in [5.74, 6) is -0.561.